The number of allylic oxidation sites excluding steroid dienone is 5. The Bertz CT molecular complexity index is 1190. The molecule has 0 saturated heterocycles. The van der Waals surface area contributed by atoms with Crippen LogP contribution in [0.25, 0.3) is 0 Å². The lowest BCUT2D eigenvalue weighted by atomic mass is 9.76. The van der Waals surface area contributed by atoms with E-state index in [2.05, 4.69) is 30.1 Å². The van der Waals surface area contributed by atoms with Crippen LogP contribution < -0.4 is 5.32 Å². The third kappa shape index (κ3) is 5.70. The van der Waals surface area contributed by atoms with Gasteiger partial charge in [0.1, 0.15) is 11.6 Å². The van der Waals surface area contributed by atoms with Gasteiger partial charge in [-0.05, 0) is 106 Å². The molecule has 5 rings (SSSR count). The predicted octanol–water partition coefficient (Wildman–Crippen LogP) is 6.93. The lowest BCUT2D eigenvalue weighted by Crippen LogP contribution is -2.26. The highest BCUT2D eigenvalue weighted by molar-refractivity contribution is 5.47. The van der Waals surface area contributed by atoms with Crippen molar-refractivity contribution < 1.29 is 13.2 Å². The molecule has 0 amide bonds. The number of hydrogen-bond donors (Lipinski definition) is 1. The first kappa shape index (κ1) is 25.8. The van der Waals surface area contributed by atoms with Gasteiger partial charge in [0, 0.05) is 30.4 Å². The van der Waals surface area contributed by atoms with E-state index >= 15 is 0 Å². The molecule has 2 unspecified atom stereocenters. The molecule has 7 heteroatoms. The Morgan fingerprint density at radius 3 is 2.84 bits per heavy atom. The third-order valence-electron chi connectivity index (χ3n) is 8.42. The predicted molar refractivity (Wildman–Crippen MR) is 141 cm³/mol. The van der Waals surface area contributed by atoms with Crippen LogP contribution in [0.2, 0.25) is 0 Å². The maximum absolute atomic E-state index is 14.6. The molecule has 1 saturated carbocycles. The van der Waals surface area contributed by atoms with E-state index in [-0.39, 0.29) is 11.7 Å². The van der Waals surface area contributed by atoms with Gasteiger partial charge in [0.15, 0.2) is 0 Å². The zero-order valence-corrected chi connectivity index (χ0v) is 21.7. The maximum atomic E-state index is 14.6. The minimum absolute atomic E-state index is 0.00266. The average molecular weight is 511 g/mol. The van der Waals surface area contributed by atoms with Crippen molar-refractivity contribution in [3.63, 3.8) is 0 Å². The van der Waals surface area contributed by atoms with Crippen LogP contribution in [0.15, 0.2) is 54.4 Å². The summed E-state index contributed by atoms with van der Waals surface area (Å²) in [5.74, 6) is 0.209. The fourth-order valence-electron chi connectivity index (χ4n) is 6.02. The molecule has 2 aromatic rings. The first-order chi connectivity index (χ1) is 17.9. The second-order valence-electron chi connectivity index (χ2n) is 11.0. The molecule has 0 bridgehead atoms. The Morgan fingerprint density at radius 1 is 1.24 bits per heavy atom. The maximum Gasteiger partial charge on any atom is 0.244 e. The summed E-state index contributed by atoms with van der Waals surface area (Å²) in [6.45, 7) is 4.88. The highest BCUT2D eigenvalue weighted by Crippen LogP contribution is 2.59. The zero-order chi connectivity index (χ0) is 26.0. The van der Waals surface area contributed by atoms with Gasteiger partial charge in [-0.25, -0.2) is 18.2 Å². The van der Waals surface area contributed by atoms with Gasteiger partial charge in [-0.15, -0.1) is 6.58 Å². The van der Waals surface area contributed by atoms with Gasteiger partial charge in [0.25, 0.3) is 0 Å². The van der Waals surface area contributed by atoms with E-state index in [1.54, 1.807) is 6.08 Å². The molecule has 4 nitrogen and oxygen atoms in total. The van der Waals surface area contributed by atoms with Gasteiger partial charge in [-0.2, -0.15) is 5.10 Å². The van der Waals surface area contributed by atoms with Gasteiger partial charge in [-0.3, -0.25) is 4.68 Å². The van der Waals surface area contributed by atoms with Crippen LogP contribution in [0, 0.1) is 17.3 Å². The summed E-state index contributed by atoms with van der Waals surface area (Å²) in [7, 11) is 1.96. The summed E-state index contributed by atoms with van der Waals surface area (Å²) in [5, 5.41) is 8.14. The number of anilines is 1. The summed E-state index contributed by atoms with van der Waals surface area (Å²) in [4.78, 5) is 4.80. The fourth-order valence-corrected chi connectivity index (χ4v) is 6.02. The Hall–Kier alpha value is -2.83. The molecule has 0 spiro atoms. The first-order valence-corrected chi connectivity index (χ1v) is 13.6. The van der Waals surface area contributed by atoms with Crippen molar-refractivity contribution in [2.45, 2.75) is 70.6 Å². The SMILES string of the molecule is C=CCC(Cc1cc(CCCc2ccc3c(n2)NCCC3)n(C)n1)C1=CC(F)=CC(C2(C(F)F)CC2)C1. The highest BCUT2D eigenvalue weighted by atomic mass is 19.3. The van der Waals surface area contributed by atoms with Crippen LogP contribution in [0.1, 0.15) is 61.2 Å². The number of rotatable bonds is 11. The van der Waals surface area contributed by atoms with Crippen LogP contribution >= 0.6 is 0 Å². The van der Waals surface area contributed by atoms with Crippen molar-refractivity contribution in [2.75, 3.05) is 11.9 Å². The molecule has 2 aliphatic carbocycles. The number of nitrogens with zero attached hydrogens (tertiary/aromatic N) is 3. The number of aromatic nitrogens is 3. The Morgan fingerprint density at radius 2 is 2.08 bits per heavy atom. The van der Waals surface area contributed by atoms with E-state index in [0.717, 1.165) is 67.1 Å². The first-order valence-electron chi connectivity index (χ1n) is 13.6. The number of alkyl halides is 2. The fraction of sp³-hybridized carbons (Fsp3) is 0.533. The topological polar surface area (TPSA) is 42.7 Å². The molecule has 3 heterocycles. The molecule has 37 heavy (non-hydrogen) atoms. The lowest BCUT2D eigenvalue weighted by Gasteiger charge is -2.30. The molecule has 1 aliphatic heterocycles. The number of nitrogens with one attached hydrogen (secondary N) is 1. The van der Waals surface area contributed by atoms with Gasteiger partial charge >= 0.3 is 0 Å². The molecular formula is C30H37F3N4. The minimum Gasteiger partial charge on any atom is -0.370 e. The molecule has 1 N–H and O–H groups in total. The van der Waals surface area contributed by atoms with E-state index in [0.29, 0.717) is 32.1 Å². The van der Waals surface area contributed by atoms with Crippen molar-refractivity contribution in [2.24, 2.45) is 24.3 Å². The standard InChI is InChI=1S/C30H37F3N4/c1-3-6-21(22-15-23(18-24(31)16-22)30(12-13-30)29(32)33)17-26-19-27(37(2)36-26)9-4-8-25-11-10-20-7-5-14-34-28(20)35-25/h3,10-11,16,18-19,21,23,29H,1,4-9,12-15,17H2,2H3,(H,34,35). The molecular weight excluding hydrogens is 473 g/mol. The molecule has 1 fully saturated rings. The molecule has 0 radical (unpaired) electrons. The summed E-state index contributed by atoms with van der Waals surface area (Å²) >= 11 is 0. The van der Waals surface area contributed by atoms with Gasteiger partial charge in [0.2, 0.25) is 6.43 Å². The lowest BCUT2D eigenvalue weighted by molar-refractivity contribution is 0.0355. The number of hydrogen-bond acceptors (Lipinski definition) is 3. The summed E-state index contributed by atoms with van der Waals surface area (Å²) in [5.41, 5.74) is 4.36. The van der Waals surface area contributed by atoms with Crippen LogP contribution in [0.3, 0.4) is 0 Å². The van der Waals surface area contributed by atoms with Crippen LogP contribution in [-0.4, -0.2) is 27.7 Å². The van der Waals surface area contributed by atoms with Crippen LogP contribution in [-0.2, 0) is 32.7 Å². The molecule has 2 atom stereocenters. The van der Waals surface area contributed by atoms with E-state index in [9.17, 15) is 13.2 Å². The summed E-state index contributed by atoms with van der Waals surface area (Å²) < 4.78 is 44.0. The Labute approximate surface area is 217 Å². The summed E-state index contributed by atoms with van der Waals surface area (Å²) in [6.07, 6.45) is 10.1. The van der Waals surface area contributed by atoms with Crippen LogP contribution in [0.4, 0.5) is 19.0 Å². The third-order valence-corrected chi connectivity index (χ3v) is 8.42. The highest BCUT2D eigenvalue weighted by Gasteiger charge is 2.56. The van der Waals surface area contributed by atoms with Crippen molar-refractivity contribution >= 4 is 5.82 Å². The number of aryl methyl sites for hydroxylation is 4. The Kier molecular flexibility index (Phi) is 7.59. The molecule has 0 aromatic carbocycles. The van der Waals surface area contributed by atoms with Crippen molar-refractivity contribution in [1.29, 1.82) is 0 Å². The zero-order valence-electron chi connectivity index (χ0n) is 21.7. The average Bonchev–Trinajstić information content (AvgIpc) is 3.63. The van der Waals surface area contributed by atoms with Crippen molar-refractivity contribution in [1.82, 2.24) is 14.8 Å². The second kappa shape index (κ2) is 10.9. The monoisotopic (exact) mass is 510 g/mol. The Balaban J connectivity index is 1.22. The van der Waals surface area contributed by atoms with Gasteiger partial charge in [0.05, 0.1) is 5.69 Å². The van der Waals surface area contributed by atoms with E-state index in [1.165, 1.54) is 11.6 Å². The number of halogens is 3. The van der Waals surface area contributed by atoms with Crippen molar-refractivity contribution in [3.05, 3.63) is 77.1 Å². The quantitative estimate of drug-likeness (QED) is 0.334. The molecule has 198 valence electrons. The van der Waals surface area contributed by atoms with Crippen molar-refractivity contribution in [3.8, 4) is 0 Å². The van der Waals surface area contributed by atoms with E-state index in [4.69, 9.17) is 10.1 Å². The second-order valence-corrected chi connectivity index (χ2v) is 11.0. The number of pyridine rings is 1. The van der Waals surface area contributed by atoms with Gasteiger partial charge in [-0.1, -0.05) is 17.7 Å². The largest absolute Gasteiger partial charge is 0.370 e. The van der Waals surface area contributed by atoms with E-state index in [1.807, 2.05) is 17.8 Å². The number of fused-ring (bicyclic) bond motifs is 1. The van der Waals surface area contributed by atoms with Gasteiger partial charge < -0.3 is 5.32 Å². The molecule has 2 aromatic heterocycles. The smallest absolute Gasteiger partial charge is 0.244 e. The summed E-state index contributed by atoms with van der Waals surface area (Å²) in [6, 6.07) is 6.46. The minimum atomic E-state index is -2.41. The van der Waals surface area contributed by atoms with E-state index < -0.39 is 17.8 Å². The normalized spacial score (nSPS) is 21.1. The van der Waals surface area contributed by atoms with Crippen LogP contribution in [0.5, 0.6) is 0 Å². The molecule has 3 aliphatic rings.